The fourth-order valence-electron chi connectivity index (χ4n) is 2.56. The van der Waals surface area contributed by atoms with Crippen LogP contribution in [0.3, 0.4) is 0 Å². The fraction of sp³-hybridized carbons (Fsp3) is 0.818. The minimum absolute atomic E-state index is 0.277. The normalized spacial score (nSPS) is 25.4. The molecule has 1 aromatic heterocycles. The number of nitrogens with zero attached hydrogens (tertiary/aromatic N) is 2. The van der Waals surface area contributed by atoms with E-state index < -0.39 is 0 Å². The van der Waals surface area contributed by atoms with Gasteiger partial charge in [-0.25, -0.2) is 0 Å². The Hall–Kier alpha value is -0.900. The maximum absolute atomic E-state index is 6.15. The van der Waals surface area contributed by atoms with Crippen molar-refractivity contribution in [2.75, 3.05) is 0 Å². The molecule has 1 heterocycles. The summed E-state index contributed by atoms with van der Waals surface area (Å²) in [6, 6.07) is 0. The second-order valence-electron chi connectivity index (χ2n) is 4.95. The molecule has 2 aliphatic carbocycles. The lowest BCUT2D eigenvalue weighted by molar-refractivity contribution is 0.228. The number of hydrogen-bond acceptors (Lipinski definition) is 4. The Balaban J connectivity index is 1.80. The quantitative estimate of drug-likeness (QED) is 0.806. The Morgan fingerprint density at radius 2 is 1.93 bits per heavy atom. The molecule has 2 saturated carbocycles. The molecule has 0 unspecified atom stereocenters. The third kappa shape index (κ3) is 1.47. The molecule has 0 spiro atoms. The molecule has 3 rings (SSSR count). The van der Waals surface area contributed by atoms with Gasteiger partial charge in [-0.3, -0.25) is 0 Å². The first kappa shape index (κ1) is 9.33. The Morgan fingerprint density at radius 1 is 1.20 bits per heavy atom. The van der Waals surface area contributed by atoms with Crippen molar-refractivity contribution in [1.29, 1.82) is 0 Å². The summed E-state index contributed by atoms with van der Waals surface area (Å²) in [5.41, 5.74) is 5.87. The molecular weight excluding hydrogens is 190 g/mol. The Labute approximate surface area is 89.2 Å². The van der Waals surface area contributed by atoms with Crippen molar-refractivity contribution in [2.24, 2.45) is 5.73 Å². The van der Waals surface area contributed by atoms with E-state index in [0.717, 1.165) is 24.6 Å². The molecule has 15 heavy (non-hydrogen) atoms. The molecule has 2 fully saturated rings. The minimum atomic E-state index is -0.277. The highest BCUT2D eigenvalue weighted by molar-refractivity contribution is 5.10. The summed E-state index contributed by atoms with van der Waals surface area (Å²) in [7, 11) is 0. The van der Waals surface area contributed by atoms with E-state index in [0.29, 0.717) is 5.92 Å². The van der Waals surface area contributed by atoms with Crippen molar-refractivity contribution in [3.8, 4) is 0 Å². The van der Waals surface area contributed by atoms with Crippen LogP contribution in [0.5, 0.6) is 0 Å². The lowest BCUT2D eigenvalue weighted by atomic mass is 9.77. The summed E-state index contributed by atoms with van der Waals surface area (Å²) in [5.74, 6) is 2.05. The molecule has 0 atom stereocenters. The molecule has 4 nitrogen and oxygen atoms in total. The average molecular weight is 207 g/mol. The topological polar surface area (TPSA) is 64.9 Å². The molecule has 82 valence electrons. The monoisotopic (exact) mass is 207 g/mol. The van der Waals surface area contributed by atoms with Gasteiger partial charge in [-0.2, -0.15) is 4.98 Å². The van der Waals surface area contributed by atoms with E-state index in [1.54, 1.807) is 0 Å². The number of aromatic nitrogens is 2. The second-order valence-corrected chi connectivity index (χ2v) is 4.95. The van der Waals surface area contributed by atoms with E-state index in [2.05, 4.69) is 10.1 Å². The molecule has 0 radical (unpaired) electrons. The summed E-state index contributed by atoms with van der Waals surface area (Å²) in [4.78, 5) is 4.48. The van der Waals surface area contributed by atoms with E-state index >= 15 is 0 Å². The predicted octanol–water partition coefficient (Wildman–Crippen LogP) is 2.07. The van der Waals surface area contributed by atoms with Gasteiger partial charge in [0.2, 0.25) is 5.89 Å². The van der Waals surface area contributed by atoms with Gasteiger partial charge in [0.1, 0.15) is 0 Å². The smallest absolute Gasteiger partial charge is 0.229 e. The Kier molecular flexibility index (Phi) is 2.06. The second kappa shape index (κ2) is 3.30. The number of nitrogens with two attached hydrogens (primary N) is 1. The van der Waals surface area contributed by atoms with Crippen LogP contribution in [0, 0.1) is 0 Å². The van der Waals surface area contributed by atoms with Crippen LogP contribution in [0.25, 0.3) is 0 Å². The van der Waals surface area contributed by atoms with Crippen LogP contribution in [0.1, 0.15) is 62.6 Å². The SMILES string of the molecule is NC1(c2noc(C3CCCC3)n2)CCC1. The molecule has 4 heteroatoms. The molecule has 0 saturated heterocycles. The predicted molar refractivity (Wildman–Crippen MR) is 55.2 cm³/mol. The molecule has 0 amide bonds. The maximum Gasteiger partial charge on any atom is 0.229 e. The average Bonchev–Trinajstić information content (AvgIpc) is 2.84. The first-order valence-corrected chi connectivity index (χ1v) is 5.91. The van der Waals surface area contributed by atoms with Crippen LogP contribution in [-0.2, 0) is 5.54 Å². The zero-order valence-electron chi connectivity index (χ0n) is 8.91. The van der Waals surface area contributed by atoms with Crippen LogP contribution in [0.2, 0.25) is 0 Å². The van der Waals surface area contributed by atoms with Gasteiger partial charge in [0.25, 0.3) is 0 Å². The maximum atomic E-state index is 6.15. The van der Waals surface area contributed by atoms with Crippen LogP contribution in [0.15, 0.2) is 4.52 Å². The van der Waals surface area contributed by atoms with Crippen LogP contribution >= 0.6 is 0 Å². The van der Waals surface area contributed by atoms with Crippen molar-refractivity contribution < 1.29 is 4.52 Å². The van der Waals surface area contributed by atoms with Crippen molar-refractivity contribution in [2.45, 2.75) is 56.4 Å². The third-order valence-corrected chi connectivity index (χ3v) is 3.84. The summed E-state index contributed by atoms with van der Waals surface area (Å²) in [6.45, 7) is 0. The lowest BCUT2D eigenvalue weighted by Gasteiger charge is -2.34. The van der Waals surface area contributed by atoms with Crippen LogP contribution < -0.4 is 5.73 Å². The number of hydrogen-bond donors (Lipinski definition) is 1. The standard InChI is InChI=1S/C11H17N3O/c12-11(6-3-7-11)10-13-9(15-14-10)8-4-1-2-5-8/h8H,1-7,12H2. The van der Waals surface area contributed by atoms with Gasteiger partial charge in [0.15, 0.2) is 5.82 Å². The zero-order chi connectivity index (χ0) is 10.3. The van der Waals surface area contributed by atoms with Gasteiger partial charge in [-0.05, 0) is 32.1 Å². The molecule has 2 N–H and O–H groups in total. The highest BCUT2D eigenvalue weighted by Crippen LogP contribution is 2.39. The largest absolute Gasteiger partial charge is 0.339 e. The third-order valence-electron chi connectivity index (χ3n) is 3.84. The Morgan fingerprint density at radius 3 is 2.53 bits per heavy atom. The van der Waals surface area contributed by atoms with Crippen molar-refractivity contribution in [3.05, 3.63) is 11.7 Å². The first-order chi connectivity index (χ1) is 7.28. The zero-order valence-corrected chi connectivity index (χ0v) is 8.91. The van der Waals surface area contributed by atoms with Gasteiger partial charge in [-0.1, -0.05) is 18.0 Å². The fourth-order valence-corrected chi connectivity index (χ4v) is 2.56. The summed E-state index contributed by atoms with van der Waals surface area (Å²) in [6.07, 6.45) is 8.14. The van der Waals surface area contributed by atoms with Crippen molar-refractivity contribution in [1.82, 2.24) is 10.1 Å². The lowest BCUT2D eigenvalue weighted by Crippen LogP contribution is -2.44. The summed E-state index contributed by atoms with van der Waals surface area (Å²) >= 11 is 0. The molecule has 1 aromatic rings. The van der Waals surface area contributed by atoms with E-state index in [9.17, 15) is 0 Å². The number of rotatable bonds is 2. The van der Waals surface area contributed by atoms with E-state index in [4.69, 9.17) is 10.3 Å². The highest BCUT2D eigenvalue weighted by atomic mass is 16.5. The summed E-state index contributed by atoms with van der Waals surface area (Å²) < 4.78 is 5.33. The summed E-state index contributed by atoms with van der Waals surface area (Å²) in [5, 5.41) is 4.04. The van der Waals surface area contributed by atoms with Gasteiger partial charge in [0, 0.05) is 5.92 Å². The Bertz CT molecular complexity index is 350. The van der Waals surface area contributed by atoms with Gasteiger partial charge >= 0.3 is 0 Å². The van der Waals surface area contributed by atoms with Gasteiger partial charge in [-0.15, -0.1) is 0 Å². The van der Waals surface area contributed by atoms with Gasteiger partial charge in [0.05, 0.1) is 5.54 Å². The molecule has 0 aromatic carbocycles. The molecule has 2 aliphatic rings. The first-order valence-electron chi connectivity index (χ1n) is 5.91. The van der Waals surface area contributed by atoms with Crippen LogP contribution in [-0.4, -0.2) is 10.1 Å². The van der Waals surface area contributed by atoms with E-state index in [1.807, 2.05) is 0 Å². The van der Waals surface area contributed by atoms with E-state index in [-0.39, 0.29) is 5.54 Å². The van der Waals surface area contributed by atoms with Crippen molar-refractivity contribution >= 4 is 0 Å². The molecular formula is C11H17N3O. The molecule has 0 aliphatic heterocycles. The van der Waals surface area contributed by atoms with E-state index in [1.165, 1.54) is 32.1 Å². The van der Waals surface area contributed by atoms with Crippen LogP contribution in [0.4, 0.5) is 0 Å². The molecule has 0 bridgehead atoms. The van der Waals surface area contributed by atoms with Crippen molar-refractivity contribution in [3.63, 3.8) is 0 Å². The minimum Gasteiger partial charge on any atom is -0.339 e. The highest BCUT2D eigenvalue weighted by Gasteiger charge is 2.39. The van der Waals surface area contributed by atoms with Gasteiger partial charge < -0.3 is 10.3 Å².